The van der Waals surface area contributed by atoms with E-state index in [2.05, 4.69) is 10.3 Å². The SMILES string of the molecule is O=C(O)[C@@H]1C[C@H]2CC[C@@H]1N2C(=O)c1ccn2nncc2c1. The summed E-state index contributed by atoms with van der Waals surface area (Å²) in [5, 5.41) is 16.9. The number of pyridine rings is 1. The van der Waals surface area contributed by atoms with Gasteiger partial charge in [0.1, 0.15) is 0 Å². The van der Waals surface area contributed by atoms with Crippen molar-refractivity contribution in [3.8, 4) is 0 Å². The van der Waals surface area contributed by atoms with Crippen LogP contribution in [0.1, 0.15) is 29.6 Å². The van der Waals surface area contributed by atoms with E-state index in [0.29, 0.717) is 12.0 Å². The number of aliphatic carboxylic acids is 1. The fourth-order valence-electron chi connectivity index (χ4n) is 3.68. The normalized spacial score (nSPS) is 27.4. The van der Waals surface area contributed by atoms with Gasteiger partial charge in [-0.15, -0.1) is 5.10 Å². The van der Waals surface area contributed by atoms with Gasteiger partial charge in [0, 0.05) is 23.8 Å². The zero-order valence-corrected chi connectivity index (χ0v) is 11.2. The monoisotopic (exact) mass is 286 g/mol. The van der Waals surface area contributed by atoms with Crippen LogP contribution in [0.3, 0.4) is 0 Å². The molecule has 7 heteroatoms. The van der Waals surface area contributed by atoms with E-state index < -0.39 is 11.9 Å². The van der Waals surface area contributed by atoms with Gasteiger partial charge in [-0.3, -0.25) is 9.59 Å². The van der Waals surface area contributed by atoms with Crippen LogP contribution < -0.4 is 0 Å². The standard InChI is InChI=1S/C14H14N4O3/c19-13(8-3-4-17-10(5-8)7-15-16-17)18-9-1-2-12(18)11(6-9)14(20)21/h3-5,7,9,11-12H,1-2,6H2,(H,20,21)/t9-,11-,12+/m1/s1. The molecule has 0 aliphatic carbocycles. The predicted octanol–water partition coefficient (Wildman–Crippen LogP) is 0.807. The number of rotatable bonds is 2. The molecule has 2 saturated heterocycles. The van der Waals surface area contributed by atoms with Gasteiger partial charge in [-0.05, 0) is 31.4 Å². The minimum absolute atomic E-state index is 0.0582. The highest BCUT2D eigenvalue weighted by Crippen LogP contribution is 2.42. The first kappa shape index (κ1) is 12.3. The van der Waals surface area contributed by atoms with Gasteiger partial charge in [0.25, 0.3) is 5.91 Å². The van der Waals surface area contributed by atoms with Crippen molar-refractivity contribution in [2.45, 2.75) is 31.3 Å². The molecule has 2 aromatic rings. The minimum Gasteiger partial charge on any atom is -0.481 e. The molecule has 3 atom stereocenters. The number of fused-ring (bicyclic) bond motifs is 3. The van der Waals surface area contributed by atoms with E-state index in [1.165, 1.54) is 0 Å². The third-order valence-electron chi connectivity index (χ3n) is 4.64. The van der Waals surface area contributed by atoms with Crippen LogP contribution in [0.25, 0.3) is 5.52 Å². The first-order valence-electron chi connectivity index (χ1n) is 7.00. The number of carbonyl (C=O) groups excluding carboxylic acids is 1. The van der Waals surface area contributed by atoms with Crippen LogP contribution in [0.4, 0.5) is 0 Å². The molecule has 2 bridgehead atoms. The highest BCUT2D eigenvalue weighted by molar-refractivity contribution is 5.96. The molecule has 1 amide bonds. The lowest BCUT2D eigenvalue weighted by atomic mass is 9.89. The summed E-state index contributed by atoms with van der Waals surface area (Å²) < 4.78 is 1.59. The van der Waals surface area contributed by atoms with Crippen molar-refractivity contribution < 1.29 is 14.7 Å². The zero-order chi connectivity index (χ0) is 14.6. The molecular formula is C14H14N4O3. The molecule has 0 spiro atoms. The summed E-state index contributed by atoms with van der Waals surface area (Å²) in [5.41, 5.74) is 1.31. The second-order valence-corrected chi connectivity index (χ2v) is 5.71. The van der Waals surface area contributed by atoms with Crippen LogP contribution in [-0.4, -0.2) is 48.8 Å². The van der Waals surface area contributed by atoms with Crippen LogP contribution in [0.15, 0.2) is 24.5 Å². The average Bonchev–Trinajstić information content (AvgIpc) is 3.19. The average molecular weight is 286 g/mol. The molecule has 1 N–H and O–H groups in total. The molecule has 2 aliphatic rings. The van der Waals surface area contributed by atoms with E-state index in [-0.39, 0.29) is 18.0 Å². The van der Waals surface area contributed by atoms with Crippen LogP contribution in [0.2, 0.25) is 0 Å². The minimum atomic E-state index is -0.796. The van der Waals surface area contributed by atoms with Gasteiger partial charge in [-0.25, -0.2) is 4.52 Å². The van der Waals surface area contributed by atoms with Crippen molar-refractivity contribution in [3.05, 3.63) is 30.1 Å². The maximum atomic E-state index is 12.7. The topological polar surface area (TPSA) is 87.8 Å². The van der Waals surface area contributed by atoms with Crippen molar-refractivity contribution in [1.29, 1.82) is 0 Å². The summed E-state index contributed by atoms with van der Waals surface area (Å²) in [6.07, 6.45) is 5.54. The van der Waals surface area contributed by atoms with E-state index >= 15 is 0 Å². The van der Waals surface area contributed by atoms with E-state index in [4.69, 9.17) is 0 Å². The number of carboxylic acid groups (broad SMARTS) is 1. The molecule has 7 nitrogen and oxygen atoms in total. The molecule has 0 unspecified atom stereocenters. The van der Waals surface area contributed by atoms with Gasteiger partial charge in [-0.2, -0.15) is 0 Å². The first-order valence-corrected chi connectivity index (χ1v) is 7.00. The largest absolute Gasteiger partial charge is 0.481 e. The third-order valence-corrected chi connectivity index (χ3v) is 4.64. The quantitative estimate of drug-likeness (QED) is 0.882. The maximum Gasteiger partial charge on any atom is 0.308 e. The zero-order valence-electron chi connectivity index (χ0n) is 11.2. The Labute approximate surface area is 120 Å². The number of carbonyl (C=O) groups is 2. The second-order valence-electron chi connectivity index (χ2n) is 5.71. The Bertz CT molecular complexity index is 741. The third kappa shape index (κ3) is 1.73. The van der Waals surface area contributed by atoms with Gasteiger partial charge < -0.3 is 10.0 Å². The van der Waals surface area contributed by atoms with Gasteiger partial charge in [0.2, 0.25) is 0 Å². The summed E-state index contributed by atoms with van der Waals surface area (Å²) in [7, 11) is 0. The lowest BCUT2D eigenvalue weighted by Crippen LogP contribution is -2.37. The molecule has 2 aliphatic heterocycles. The van der Waals surface area contributed by atoms with Crippen LogP contribution in [0.5, 0.6) is 0 Å². The summed E-state index contributed by atoms with van der Waals surface area (Å²) in [6, 6.07) is 3.34. The number of hydrogen-bond donors (Lipinski definition) is 1. The molecule has 0 radical (unpaired) electrons. The van der Waals surface area contributed by atoms with Crippen LogP contribution in [-0.2, 0) is 4.79 Å². The highest BCUT2D eigenvalue weighted by atomic mass is 16.4. The predicted molar refractivity (Wildman–Crippen MR) is 71.7 cm³/mol. The van der Waals surface area contributed by atoms with Crippen molar-refractivity contribution in [3.63, 3.8) is 0 Å². The van der Waals surface area contributed by atoms with E-state index in [1.54, 1.807) is 33.9 Å². The lowest BCUT2D eigenvalue weighted by Gasteiger charge is -2.23. The van der Waals surface area contributed by atoms with Gasteiger partial charge in [-0.1, -0.05) is 5.21 Å². The summed E-state index contributed by atoms with van der Waals surface area (Å²) >= 11 is 0. The second kappa shape index (κ2) is 4.28. The molecular weight excluding hydrogens is 272 g/mol. The van der Waals surface area contributed by atoms with Gasteiger partial charge >= 0.3 is 5.97 Å². The van der Waals surface area contributed by atoms with Gasteiger partial charge in [0.15, 0.2) is 0 Å². The Morgan fingerprint density at radius 1 is 1.33 bits per heavy atom. The number of aromatic nitrogens is 3. The number of hydrogen-bond acceptors (Lipinski definition) is 4. The van der Waals surface area contributed by atoms with Crippen LogP contribution >= 0.6 is 0 Å². The van der Waals surface area contributed by atoms with Crippen molar-refractivity contribution >= 4 is 17.4 Å². The highest BCUT2D eigenvalue weighted by Gasteiger charge is 2.51. The first-order chi connectivity index (χ1) is 10.1. The van der Waals surface area contributed by atoms with E-state index in [0.717, 1.165) is 18.4 Å². The van der Waals surface area contributed by atoms with Crippen molar-refractivity contribution in [2.24, 2.45) is 5.92 Å². The summed E-state index contributed by atoms with van der Waals surface area (Å²) in [4.78, 5) is 25.8. The van der Waals surface area contributed by atoms with Gasteiger partial charge in [0.05, 0.1) is 17.6 Å². The molecule has 0 aromatic carbocycles. The molecule has 21 heavy (non-hydrogen) atoms. The maximum absolute atomic E-state index is 12.7. The van der Waals surface area contributed by atoms with E-state index in [1.807, 2.05) is 0 Å². The fraction of sp³-hybridized carbons (Fsp3) is 0.429. The Kier molecular flexibility index (Phi) is 2.51. The summed E-state index contributed by atoms with van der Waals surface area (Å²) in [6.45, 7) is 0. The Morgan fingerprint density at radius 2 is 2.19 bits per heavy atom. The Balaban J connectivity index is 1.67. The smallest absolute Gasteiger partial charge is 0.308 e. The number of nitrogens with zero attached hydrogens (tertiary/aromatic N) is 4. The lowest BCUT2D eigenvalue weighted by molar-refractivity contribution is -0.142. The fourth-order valence-corrected chi connectivity index (χ4v) is 3.68. The van der Waals surface area contributed by atoms with Crippen LogP contribution in [0, 0.1) is 5.92 Å². The number of carboxylic acids is 1. The summed E-state index contributed by atoms with van der Waals surface area (Å²) in [5.74, 6) is -1.31. The Hall–Kier alpha value is -2.44. The van der Waals surface area contributed by atoms with E-state index in [9.17, 15) is 14.7 Å². The molecule has 2 fully saturated rings. The molecule has 108 valence electrons. The number of amides is 1. The molecule has 2 aromatic heterocycles. The molecule has 4 heterocycles. The molecule has 4 rings (SSSR count). The van der Waals surface area contributed by atoms with Crippen molar-refractivity contribution in [1.82, 2.24) is 19.7 Å². The van der Waals surface area contributed by atoms with Crippen molar-refractivity contribution in [2.75, 3.05) is 0 Å². The molecule has 0 saturated carbocycles. The Morgan fingerprint density at radius 3 is 2.95 bits per heavy atom.